The van der Waals surface area contributed by atoms with Gasteiger partial charge in [-0.1, -0.05) is 0 Å². The van der Waals surface area contributed by atoms with Crippen LogP contribution in [-0.2, 0) is 4.79 Å². The molecule has 1 fully saturated rings. The molecule has 8 heteroatoms. The second-order valence-corrected chi connectivity index (χ2v) is 7.75. The van der Waals surface area contributed by atoms with Gasteiger partial charge < -0.3 is 15.0 Å². The van der Waals surface area contributed by atoms with Gasteiger partial charge in [0, 0.05) is 33.8 Å². The summed E-state index contributed by atoms with van der Waals surface area (Å²) in [6, 6.07) is 6.91. The van der Waals surface area contributed by atoms with E-state index in [4.69, 9.17) is 4.74 Å². The molecule has 2 aromatic carbocycles. The first-order valence-electron chi connectivity index (χ1n) is 10.3. The van der Waals surface area contributed by atoms with E-state index in [1.807, 2.05) is 0 Å². The fourth-order valence-corrected chi connectivity index (χ4v) is 3.81. The van der Waals surface area contributed by atoms with Crippen LogP contribution in [0.2, 0.25) is 0 Å². The van der Waals surface area contributed by atoms with Gasteiger partial charge in [0.2, 0.25) is 5.91 Å². The van der Waals surface area contributed by atoms with Gasteiger partial charge >= 0.3 is 0 Å². The summed E-state index contributed by atoms with van der Waals surface area (Å²) in [5.41, 5.74) is 1.59. The summed E-state index contributed by atoms with van der Waals surface area (Å²) < 4.78 is 33.3. The molecule has 0 spiro atoms. The number of ether oxygens (including phenoxy) is 1. The topological polar surface area (TPSA) is 71.0 Å². The van der Waals surface area contributed by atoms with E-state index in [1.165, 1.54) is 24.3 Å². The number of halogens is 2. The monoisotopic (exact) mass is 431 g/mol. The molecule has 6 nitrogen and oxygen atoms in total. The van der Waals surface area contributed by atoms with Crippen LogP contribution in [0.5, 0.6) is 5.75 Å². The Balaban J connectivity index is 0.00000193. The Morgan fingerprint density at radius 2 is 2.13 bits per heavy atom. The third kappa shape index (κ3) is 4.57. The first-order valence-corrected chi connectivity index (χ1v) is 10.3. The van der Waals surface area contributed by atoms with Crippen LogP contribution in [0, 0.1) is 18.6 Å². The number of fused-ring (bicyclic) bond motifs is 2. The number of hydrogen-bond acceptors (Lipinski definition) is 4. The maximum absolute atomic E-state index is 14.5. The number of carbonyl (C=O) groups is 2. The lowest BCUT2D eigenvalue weighted by Crippen LogP contribution is -2.35. The summed E-state index contributed by atoms with van der Waals surface area (Å²) in [4.78, 5) is 30.8. The number of aliphatic imine (C=N–C) groups is 1. The lowest BCUT2D eigenvalue weighted by molar-refractivity contribution is -0.116. The number of nitrogens with zero attached hydrogens (tertiary/aromatic N) is 2. The van der Waals surface area contributed by atoms with Crippen LogP contribution in [0.15, 0.2) is 35.3 Å². The van der Waals surface area contributed by atoms with Crippen molar-refractivity contribution < 1.29 is 26.0 Å². The lowest BCUT2D eigenvalue weighted by Gasteiger charge is -2.20. The van der Waals surface area contributed by atoms with Crippen molar-refractivity contribution in [1.29, 1.82) is 0 Å². The second kappa shape index (κ2) is 8.83. The average molecular weight is 431 g/mol. The number of nitrogens with one attached hydrogen (secondary N) is 1. The van der Waals surface area contributed by atoms with Crippen molar-refractivity contribution in [2.24, 2.45) is 4.99 Å². The minimum atomic E-state index is -0.633. The minimum Gasteiger partial charge on any atom is -0.490 e. The van der Waals surface area contributed by atoms with Gasteiger partial charge in [-0.2, -0.15) is 0 Å². The van der Waals surface area contributed by atoms with Gasteiger partial charge in [0.15, 0.2) is 11.6 Å². The van der Waals surface area contributed by atoms with Crippen molar-refractivity contribution in [3.05, 3.63) is 53.1 Å². The number of hydrogen-bond donors (Lipinski definition) is 1. The summed E-state index contributed by atoms with van der Waals surface area (Å²) in [6.45, 7) is 2.39. The van der Waals surface area contributed by atoms with Gasteiger partial charge in [0.05, 0.1) is 23.9 Å². The van der Waals surface area contributed by atoms with E-state index >= 15 is 0 Å². The average Bonchev–Trinajstić information content (AvgIpc) is 3.17. The zero-order valence-corrected chi connectivity index (χ0v) is 17.2. The molecule has 1 unspecified atom stereocenters. The maximum Gasteiger partial charge on any atom is 0.256 e. The van der Waals surface area contributed by atoms with E-state index in [-0.39, 0.29) is 50.9 Å². The minimum absolute atomic E-state index is 0. The van der Waals surface area contributed by atoms with Crippen LogP contribution in [-0.4, -0.2) is 42.1 Å². The van der Waals surface area contributed by atoms with Crippen molar-refractivity contribution in [2.45, 2.75) is 38.6 Å². The van der Waals surface area contributed by atoms with Gasteiger partial charge in [-0.25, -0.2) is 8.78 Å². The van der Waals surface area contributed by atoms with Crippen LogP contribution in [0.3, 0.4) is 0 Å². The summed E-state index contributed by atoms with van der Waals surface area (Å²) in [7, 11) is 0. The second-order valence-electron chi connectivity index (χ2n) is 7.75. The van der Waals surface area contributed by atoms with Crippen LogP contribution in [0.4, 0.5) is 20.2 Å². The highest BCUT2D eigenvalue weighted by Gasteiger charge is 2.32. The van der Waals surface area contributed by atoms with Crippen molar-refractivity contribution in [2.75, 3.05) is 18.5 Å². The number of anilines is 1. The largest absolute Gasteiger partial charge is 0.490 e. The predicted molar refractivity (Wildman–Crippen MR) is 117 cm³/mol. The van der Waals surface area contributed by atoms with E-state index < -0.39 is 5.82 Å². The van der Waals surface area contributed by atoms with E-state index in [1.54, 1.807) is 24.1 Å². The first kappa shape index (κ1) is 21.0. The van der Waals surface area contributed by atoms with Crippen LogP contribution < -0.4 is 10.1 Å². The molecular formula is C23H27F2N3O3. The van der Waals surface area contributed by atoms with Gasteiger partial charge in [-0.05, 0) is 56.0 Å². The number of benzene rings is 2. The predicted octanol–water partition coefficient (Wildman–Crippen LogP) is 4.88. The molecule has 2 amide bonds. The molecule has 2 aromatic rings. The van der Waals surface area contributed by atoms with E-state index in [0.29, 0.717) is 29.9 Å². The SMILES string of the molecule is Cc1cc(NC(=O)CCCOc2cc3c(cc2F)C(=O)N2CCCC2C=N3)ccc1F.[HH].[HH]. The standard InChI is InChI=1S/C23H23F2N3O3.2H2/c1-14-10-15(6-7-18(14)24)27-22(29)5-3-9-31-21-12-20-17(11-19(21)25)23(30)28-8-2-4-16(28)13-26-20;;/h6-7,10-13,16H,2-5,8-9H2,1H3,(H,27,29);2*1H. The van der Waals surface area contributed by atoms with Gasteiger partial charge in [-0.3, -0.25) is 14.6 Å². The van der Waals surface area contributed by atoms with Gasteiger partial charge in [0.25, 0.3) is 5.91 Å². The van der Waals surface area contributed by atoms with Gasteiger partial charge in [0.1, 0.15) is 5.82 Å². The van der Waals surface area contributed by atoms with Crippen LogP contribution in [0.25, 0.3) is 0 Å². The molecule has 1 N–H and O–H groups in total. The molecule has 0 aromatic heterocycles. The Bertz CT molecular complexity index is 1070. The highest BCUT2D eigenvalue weighted by atomic mass is 19.1. The Hall–Kier alpha value is -3.29. The zero-order chi connectivity index (χ0) is 22.0. The van der Waals surface area contributed by atoms with Crippen molar-refractivity contribution >= 4 is 29.4 Å². The van der Waals surface area contributed by atoms with Crippen LogP contribution >= 0.6 is 0 Å². The summed E-state index contributed by atoms with van der Waals surface area (Å²) in [5, 5.41) is 2.70. The number of rotatable bonds is 6. The Kier molecular flexibility index (Phi) is 5.97. The molecule has 166 valence electrons. The molecule has 1 atom stereocenters. The molecule has 2 aliphatic rings. The Labute approximate surface area is 181 Å². The molecule has 0 saturated carbocycles. The smallest absolute Gasteiger partial charge is 0.256 e. The quantitative estimate of drug-likeness (QED) is 0.663. The first-order chi connectivity index (χ1) is 14.9. The van der Waals surface area contributed by atoms with E-state index in [2.05, 4.69) is 10.3 Å². The number of carbonyl (C=O) groups excluding carboxylic acids is 2. The molecule has 1 saturated heterocycles. The lowest BCUT2D eigenvalue weighted by atomic mass is 10.1. The number of aryl methyl sites for hydroxylation is 1. The fourth-order valence-electron chi connectivity index (χ4n) is 3.81. The molecule has 2 aliphatic heterocycles. The summed E-state index contributed by atoms with van der Waals surface area (Å²) in [6.07, 6.45) is 4.03. The normalized spacial score (nSPS) is 17.2. The summed E-state index contributed by atoms with van der Waals surface area (Å²) >= 11 is 0. The highest BCUT2D eigenvalue weighted by molar-refractivity contribution is 6.03. The van der Waals surface area contributed by atoms with Gasteiger partial charge in [-0.15, -0.1) is 0 Å². The van der Waals surface area contributed by atoms with E-state index in [0.717, 1.165) is 12.8 Å². The third-order valence-corrected chi connectivity index (χ3v) is 5.47. The zero-order valence-electron chi connectivity index (χ0n) is 17.2. The maximum atomic E-state index is 14.5. The molecule has 0 aliphatic carbocycles. The molecular weight excluding hydrogens is 404 g/mol. The molecule has 31 heavy (non-hydrogen) atoms. The number of amides is 2. The molecule has 0 bridgehead atoms. The third-order valence-electron chi connectivity index (χ3n) is 5.47. The van der Waals surface area contributed by atoms with E-state index in [9.17, 15) is 18.4 Å². The Morgan fingerprint density at radius 1 is 1.29 bits per heavy atom. The highest BCUT2D eigenvalue weighted by Crippen LogP contribution is 2.33. The van der Waals surface area contributed by atoms with Crippen molar-refractivity contribution in [3.8, 4) is 5.75 Å². The van der Waals surface area contributed by atoms with Crippen molar-refractivity contribution in [1.82, 2.24) is 4.90 Å². The molecule has 4 rings (SSSR count). The fraction of sp³-hybridized carbons (Fsp3) is 0.348. The molecule has 0 radical (unpaired) electrons. The molecule has 2 heterocycles. The van der Waals surface area contributed by atoms with Crippen LogP contribution in [0.1, 0.15) is 44.5 Å². The summed E-state index contributed by atoms with van der Waals surface area (Å²) in [5.74, 6) is -1.42. The Morgan fingerprint density at radius 3 is 2.94 bits per heavy atom. The van der Waals surface area contributed by atoms with Crippen molar-refractivity contribution in [3.63, 3.8) is 0 Å².